The summed E-state index contributed by atoms with van der Waals surface area (Å²) in [7, 11) is 0. The molecule has 1 fully saturated rings. The molecule has 1 atom stereocenters. The quantitative estimate of drug-likeness (QED) is 0.756. The summed E-state index contributed by atoms with van der Waals surface area (Å²) >= 11 is 3.42. The molecule has 0 saturated carbocycles. The molecule has 0 spiro atoms. The lowest BCUT2D eigenvalue weighted by Crippen LogP contribution is -2.29. The van der Waals surface area contributed by atoms with Gasteiger partial charge in [-0.05, 0) is 44.0 Å². The van der Waals surface area contributed by atoms with Gasteiger partial charge in [0.1, 0.15) is 5.01 Å². The summed E-state index contributed by atoms with van der Waals surface area (Å²) in [5.74, 6) is 0. The fourth-order valence-electron chi connectivity index (χ4n) is 2.97. The molecule has 3 rings (SSSR count). The molecule has 1 aliphatic heterocycles. The normalized spacial score (nSPS) is 19.2. The standard InChI is InChI=1S/C16H21N3S2/c1-20-16-18-17-15(21-16)12-19-11-5-8-14(19)10-9-13-6-3-2-4-7-13/h2-4,6-7,14H,5,8-12H2,1H3/t14-/m1/s1. The highest BCUT2D eigenvalue weighted by atomic mass is 32.2. The fraction of sp³-hybridized carbons (Fsp3) is 0.500. The van der Waals surface area contributed by atoms with Crippen molar-refractivity contribution in [2.24, 2.45) is 0 Å². The van der Waals surface area contributed by atoms with E-state index in [-0.39, 0.29) is 0 Å². The molecule has 0 amide bonds. The molecule has 1 aliphatic rings. The first-order valence-corrected chi connectivity index (χ1v) is 9.53. The second-order valence-corrected chi connectivity index (χ2v) is 7.57. The van der Waals surface area contributed by atoms with Gasteiger partial charge in [-0.15, -0.1) is 10.2 Å². The lowest BCUT2D eigenvalue weighted by Gasteiger charge is -2.23. The largest absolute Gasteiger partial charge is 0.294 e. The van der Waals surface area contributed by atoms with Crippen molar-refractivity contribution in [2.45, 2.75) is 42.6 Å². The van der Waals surface area contributed by atoms with Crippen LogP contribution in [0.4, 0.5) is 0 Å². The molecule has 0 bridgehead atoms. The van der Waals surface area contributed by atoms with Crippen LogP contribution in [-0.2, 0) is 13.0 Å². The van der Waals surface area contributed by atoms with Crippen LogP contribution < -0.4 is 0 Å². The van der Waals surface area contributed by atoms with E-state index in [0.717, 1.165) is 15.9 Å². The Morgan fingerprint density at radius 3 is 2.90 bits per heavy atom. The zero-order chi connectivity index (χ0) is 14.5. The van der Waals surface area contributed by atoms with Gasteiger partial charge < -0.3 is 0 Å². The zero-order valence-electron chi connectivity index (χ0n) is 12.4. The summed E-state index contributed by atoms with van der Waals surface area (Å²) in [6, 6.07) is 11.5. The average molecular weight is 319 g/mol. The van der Waals surface area contributed by atoms with Crippen molar-refractivity contribution in [1.29, 1.82) is 0 Å². The smallest absolute Gasteiger partial charge is 0.174 e. The molecule has 1 saturated heterocycles. The minimum absolute atomic E-state index is 0.701. The highest BCUT2D eigenvalue weighted by Gasteiger charge is 2.25. The predicted molar refractivity (Wildman–Crippen MR) is 89.9 cm³/mol. The van der Waals surface area contributed by atoms with Gasteiger partial charge in [0, 0.05) is 6.04 Å². The van der Waals surface area contributed by atoms with Gasteiger partial charge in [0.2, 0.25) is 0 Å². The van der Waals surface area contributed by atoms with E-state index >= 15 is 0 Å². The van der Waals surface area contributed by atoms with Crippen molar-refractivity contribution in [2.75, 3.05) is 12.8 Å². The van der Waals surface area contributed by atoms with E-state index in [1.54, 1.807) is 23.1 Å². The molecule has 2 aromatic rings. The average Bonchev–Trinajstić information content (AvgIpc) is 3.16. The Kier molecular flexibility index (Phi) is 5.27. The van der Waals surface area contributed by atoms with Crippen LogP contribution in [0.5, 0.6) is 0 Å². The van der Waals surface area contributed by atoms with Crippen LogP contribution in [-0.4, -0.2) is 33.9 Å². The van der Waals surface area contributed by atoms with Crippen molar-refractivity contribution in [1.82, 2.24) is 15.1 Å². The first-order valence-electron chi connectivity index (χ1n) is 7.49. The Labute approximate surface area is 134 Å². The predicted octanol–water partition coefficient (Wildman–Crippen LogP) is 3.86. The highest BCUT2D eigenvalue weighted by molar-refractivity contribution is 8.00. The Balaban J connectivity index is 1.55. The van der Waals surface area contributed by atoms with Gasteiger partial charge in [-0.25, -0.2) is 0 Å². The molecule has 112 valence electrons. The first-order chi connectivity index (χ1) is 10.3. The summed E-state index contributed by atoms with van der Waals surface area (Å²) in [5.41, 5.74) is 1.45. The number of hydrogen-bond acceptors (Lipinski definition) is 5. The Bertz CT molecular complexity index is 556. The van der Waals surface area contributed by atoms with E-state index in [1.165, 1.54) is 37.8 Å². The van der Waals surface area contributed by atoms with E-state index in [1.807, 2.05) is 0 Å². The maximum absolute atomic E-state index is 4.31. The van der Waals surface area contributed by atoms with E-state index in [9.17, 15) is 0 Å². The Hall–Kier alpha value is -0.910. The van der Waals surface area contributed by atoms with Crippen LogP contribution in [0.1, 0.15) is 29.8 Å². The summed E-state index contributed by atoms with van der Waals surface area (Å²) < 4.78 is 1.07. The van der Waals surface area contributed by atoms with Crippen LogP contribution in [0.3, 0.4) is 0 Å². The molecule has 0 unspecified atom stereocenters. The summed E-state index contributed by atoms with van der Waals surface area (Å²) in [5, 5.41) is 9.67. The van der Waals surface area contributed by atoms with Crippen molar-refractivity contribution in [3.63, 3.8) is 0 Å². The van der Waals surface area contributed by atoms with E-state index in [0.29, 0.717) is 6.04 Å². The Morgan fingerprint density at radius 2 is 2.14 bits per heavy atom. The number of thioether (sulfide) groups is 1. The number of nitrogens with zero attached hydrogens (tertiary/aromatic N) is 3. The molecule has 0 aliphatic carbocycles. The molecule has 3 nitrogen and oxygen atoms in total. The van der Waals surface area contributed by atoms with Crippen LogP contribution in [0, 0.1) is 0 Å². The molecular formula is C16H21N3S2. The lowest BCUT2D eigenvalue weighted by molar-refractivity contribution is 0.234. The zero-order valence-corrected chi connectivity index (χ0v) is 14.0. The third-order valence-corrected chi connectivity index (χ3v) is 5.95. The van der Waals surface area contributed by atoms with Crippen LogP contribution in [0.25, 0.3) is 0 Å². The topological polar surface area (TPSA) is 29.0 Å². The summed E-state index contributed by atoms with van der Waals surface area (Å²) in [4.78, 5) is 2.59. The minimum Gasteiger partial charge on any atom is -0.294 e. The summed E-state index contributed by atoms with van der Waals surface area (Å²) in [6.45, 7) is 2.17. The second-order valence-electron chi connectivity index (χ2n) is 5.46. The van der Waals surface area contributed by atoms with Gasteiger partial charge in [-0.3, -0.25) is 4.90 Å². The van der Waals surface area contributed by atoms with Gasteiger partial charge in [0.05, 0.1) is 6.54 Å². The molecule has 0 radical (unpaired) electrons. The number of hydrogen-bond donors (Lipinski definition) is 0. The highest BCUT2D eigenvalue weighted by Crippen LogP contribution is 2.26. The molecule has 21 heavy (non-hydrogen) atoms. The maximum Gasteiger partial charge on any atom is 0.174 e. The van der Waals surface area contributed by atoms with Crippen molar-refractivity contribution < 1.29 is 0 Å². The van der Waals surface area contributed by atoms with Crippen LogP contribution >= 0.6 is 23.1 Å². The fourth-order valence-corrected chi connectivity index (χ4v) is 4.31. The lowest BCUT2D eigenvalue weighted by atomic mass is 10.0. The molecule has 5 heteroatoms. The molecule has 1 aromatic carbocycles. The van der Waals surface area contributed by atoms with Crippen molar-refractivity contribution in [3.8, 4) is 0 Å². The number of rotatable bonds is 6. The van der Waals surface area contributed by atoms with Crippen LogP contribution in [0.15, 0.2) is 34.7 Å². The number of aryl methyl sites for hydroxylation is 1. The molecule has 1 aromatic heterocycles. The molecular weight excluding hydrogens is 298 g/mol. The van der Waals surface area contributed by atoms with E-state index in [4.69, 9.17) is 0 Å². The van der Waals surface area contributed by atoms with E-state index < -0.39 is 0 Å². The number of benzene rings is 1. The van der Waals surface area contributed by atoms with Gasteiger partial charge in [0.25, 0.3) is 0 Å². The Morgan fingerprint density at radius 1 is 1.29 bits per heavy atom. The summed E-state index contributed by atoms with van der Waals surface area (Å²) in [6.07, 6.45) is 7.11. The monoisotopic (exact) mass is 319 g/mol. The second kappa shape index (κ2) is 7.38. The minimum atomic E-state index is 0.701. The third kappa shape index (κ3) is 4.05. The van der Waals surface area contributed by atoms with Gasteiger partial charge in [0.15, 0.2) is 4.34 Å². The number of aromatic nitrogens is 2. The number of likely N-dealkylation sites (tertiary alicyclic amines) is 1. The van der Waals surface area contributed by atoms with Crippen LogP contribution in [0.2, 0.25) is 0 Å². The van der Waals surface area contributed by atoms with Gasteiger partial charge in [-0.2, -0.15) is 0 Å². The third-order valence-electron chi connectivity index (χ3n) is 4.07. The van der Waals surface area contributed by atoms with Crippen molar-refractivity contribution >= 4 is 23.1 Å². The van der Waals surface area contributed by atoms with E-state index in [2.05, 4.69) is 51.7 Å². The first kappa shape index (κ1) is 15.0. The molecule has 0 N–H and O–H groups in total. The van der Waals surface area contributed by atoms with Gasteiger partial charge in [-0.1, -0.05) is 53.4 Å². The van der Waals surface area contributed by atoms with Gasteiger partial charge >= 0.3 is 0 Å². The molecule has 2 heterocycles. The SMILES string of the molecule is CSc1nnc(CN2CCC[C@@H]2CCc2ccccc2)s1. The van der Waals surface area contributed by atoms with Crippen molar-refractivity contribution in [3.05, 3.63) is 40.9 Å². The maximum atomic E-state index is 4.31.